The Bertz CT molecular complexity index is 249. The zero-order valence-electron chi connectivity index (χ0n) is 10.1. The van der Waals surface area contributed by atoms with E-state index in [1.54, 1.807) is 0 Å². The van der Waals surface area contributed by atoms with Crippen molar-refractivity contribution in [2.45, 2.75) is 32.6 Å². The van der Waals surface area contributed by atoms with Crippen molar-refractivity contribution < 1.29 is 9.53 Å². The van der Waals surface area contributed by atoms with Crippen molar-refractivity contribution in [2.75, 3.05) is 26.3 Å². The molecule has 1 aliphatic rings. The number of rotatable bonds is 5. The molecule has 0 aromatic heterocycles. The van der Waals surface area contributed by atoms with Crippen LogP contribution in [0.15, 0.2) is 0 Å². The third-order valence-electron chi connectivity index (χ3n) is 2.97. The number of carbonyl (C=O) groups is 1. The minimum Gasteiger partial charge on any atom is -0.369 e. The summed E-state index contributed by atoms with van der Waals surface area (Å²) in [5.74, 6) is 3.33. The fourth-order valence-corrected chi connectivity index (χ4v) is 2.01. The van der Waals surface area contributed by atoms with Crippen LogP contribution in [0.1, 0.15) is 32.6 Å². The van der Waals surface area contributed by atoms with Crippen LogP contribution in [-0.4, -0.2) is 37.1 Å². The maximum Gasteiger partial charge on any atom is 0.222 e. The highest BCUT2D eigenvalue weighted by Gasteiger charge is 2.21. The first kappa shape index (κ1) is 13.1. The Hall–Kier alpha value is -1.01. The van der Waals surface area contributed by atoms with E-state index < -0.39 is 0 Å². The van der Waals surface area contributed by atoms with E-state index in [9.17, 15) is 4.79 Å². The molecule has 16 heavy (non-hydrogen) atoms. The molecule has 0 saturated carbocycles. The molecule has 0 aromatic carbocycles. The van der Waals surface area contributed by atoms with Gasteiger partial charge in [0, 0.05) is 19.5 Å². The lowest BCUT2D eigenvalue weighted by molar-refractivity contribution is -0.132. The van der Waals surface area contributed by atoms with E-state index in [0.717, 1.165) is 39.0 Å². The maximum absolute atomic E-state index is 11.6. The van der Waals surface area contributed by atoms with Gasteiger partial charge in [-0.25, -0.2) is 0 Å². The number of amides is 1. The summed E-state index contributed by atoms with van der Waals surface area (Å²) in [7, 11) is 0. The number of hydrogen-bond donors (Lipinski definition) is 0. The second-order valence-corrected chi connectivity index (χ2v) is 4.29. The number of piperidine rings is 1. The molecular formula is C13H21NO2. The fourth-order valence-electron chi connectivity index (χ4n) is 2.01. The predicted molar refractivity (Wildman–Crippen MR) is 63.9 cm³/mol. The highest BCUT2D eigenvalue weighted by molar-refractivity contribution is 5.76. The molecule has 3 heteroatoms. The summed E-state index contributed by atoms with van der Waals surface area (Å²) in [5.41, 5.74) is 0. The van der Waals surface area contributed by atoms with E-state index in [1.165, 1.54) is 0 Å². The predicted octanol–water partition coefficient (Wildman–Crippen LogP) is 1.67. The van der Waals surface area contributed by atoms with Crippen LogP contribution < -0.4 is 0 Å². The Morgan fingerprint density at radius 2 is 2.19 bits per heavy atom. The zero-order valence-corrected chi connectivity index (χ0v) is 10.1. The number of nitrogens with zero attached hydrogens (tertiary/aromatic N) is 1. The number of likely N-dealkylation sites (tertiary alicyclic amines) is 1. The first-order valence-corrected chi connectivity index (χ1v) is 6.07. The lowest BCUT2D eigenvalue weighted by atomic mass is 9.97. The first-order valence-electron chi connectivity index (χ1n) is 6.07. The molecule has 1 heterocycles. The highest BCUT2D eigenvalue weighted by atomic mass is 16.5. The SMILES string of the molecule is C#CCOCC1CCN(C(=O)CCC)CC1. The average Bonchev–Trinajstić information content (AvgIpc) is 2.30. The van der Waals surface area contributed by atoms with Crippen molar-refractivity contribution in [3.8, 4) is 12.3 Å². The smallest absolute Gasteiger partial charge is 0.222 e. The van der Waals surface area contributed by atoms with Gasteiger partial charge in [-0.3, -0.25) is 4.79 Å². The Labute approximate surface area is 98.1 Å². The topological polar surface area (TPSA) is 29.5 Å². The summed E-state index contributed by atoms with van der Waals surface area (Å²) in [6.07, 6.45) is 8.81. The van der Waals surface area contributed by atoms with Gasteiger partial charge in [0.15, 0.2) is 0 Å². The Kier molecular flexibility index (Phi) is 5.95. The number of terminal acetylenes is 1. The van der Waals surface area contributed by atoms with E-state index in [4.69, 9.17) is 11.2 Å². The van der Waals surface area contributed by atoms with Gasteiger partial charge >= 0.3 is 0 Å². The molecule has 0 aliphatic carbocycles. The van der Waals surface area contributed by atoms with Crippen molar-refractivity contribution in [3.63, 3.8) is 0 Å². The van der Waals surface area contributed by atoms with E-state index in [-0.39, 0.29) is 0 Å². The van der Waals surface area contributed by atoms with Crippen LogP contribution in [0.2, 0.25) is 0 Å². The standard InChI is InChI=1S/C13H21NO2/c1-3-5-13(15)14-8-6-12(7-9-14)11-16-10-4-2/h2,12H,3,5-11H2,1H3. The monoisotopic (exact) mass is 223 g/mol. The third kappa shape index (κ3) is 4.24. The van der Waals surface area contributed by atoms with Crippen LogP contribution in [0.5, 0.6) is 0 Å². The van der Waals surface area contributed by atoms with Gasteiger partial charge in [-0.1, -0.05) is 12.8 Å². The van der Waals surface area contributed by atoms with Crippen molar-refractivity contribution in [1.29, 1.82) is 0 Å². The van der Waals surface area contributed by atoms with Gasteiger partial charge in [-0.15, -0.1) is 6.42 Å². The van der Waals surface area contributed by atoms with Crippen LogP contribution in [-0.2, 0) is 9.53 Å². The van der Waals surface area contributed by atoms with E-state index in [1.807, 2.05) is 11.8 Å². The van der Waals surface area contributed by atoms with Crippen molar-refractivity contribution >= 4 is 5.91 Å². The molecule has 1 aliphatic heterocycles. The molecule has 0 radical (unpaired) electrons. The van der Waals surface area contributed by atoms with Crippen LogP contribution >= 0.6 is 0 Å². The number of hydrogen-bond acceptors (Lipinski definition) is 2. The number of ether oxygens (including phenoxy) is 1. The summed E-state index contributed by atoms with van der Waals surface area (Å²) in [6, 6.07) is 0. The van der Waals surface area contributed by atoms with E-state index >= 15 is 0 Å². The molecule has 1 amide bonds. The summed E-state index contributed by atoms with van der Waals surface area (Å²) in [4.78, 5) is 13.6. The Morgan fingerprint density at radius 3 is 2.75 bits per heavy atom. The molecule has 1 fully saturated rings. The summed E-state index contributed by atoms with van der Waals surface area (Å²) < 4.78 is 5.33. The molecule has 0 aromatic rings. The van der Waals surface area contributed by atoms with Gasteiger partial charge in [0.05, 0.1) is 6.61 Å². The van der Waals surface area contributed by atoms with Crippen LogP contribution in [0.4, 0.5) is 0 Å². The van der Waals surface area contributed by atoms with Gasteiger partial charge in [0.2, 0.25) is 5.91 Å². The van der Waals surface area contributed by atoms with Gasteiger partial charge in [-0.05, 0) is 25.2 Å². The van der Waals surface area contributed by atoms with Crippen LogP contribution in [0.3, 0.4) is 0 Å². The second kappa shape index (κ2) is 7.29. The molecule has 0 unspecified atom stereocenters. The van der Waals surface area contributed by atoms with Crippen molar-refractivity contribution in [3.05, 3.63) is 0 Å². The van der Waals surface area contributed by atoms with Crippen LogP contribution in [0.25, 0.3) is 0 Å². The summed E-state index contributed by atoms with van der Waals surface area (Å²) >= 11 is 0. The zero-order chi connectivity index (χ0) is 11.8. The van der Waals surface area contributed by atoms with E-state index in [0.29, 0.717) is 24.9 Å². The second-order valence-electron chi connectivity index (χ2n) is 4.29. The molecule has 90 valence electrons. The summed E-state index contributed by atoms with van der Waals surface area (Å²) in [5, 5.41) is 0. The Morgan fingerprint density at radius 1 is 1.50 bits per heavy atom. The minimum absolute atomic E-state index is 0.297. The Balaban J connectivity index is 2.18. The minimum atomic E-state index is 0.297. The highest BCUT2D eigenvalue weighted by Crippen LogP contribution is 2.18. The normalized spacial score (nSPS) is 17.1. The van der Waals surface area contributed by atoms with Gasteiger partial charge < -0.3 is 9.64 Å². The molecule has 0 bridgehead atoms. The van der Waals surface area contributed by atoms with Gasteiger partial charge in [-0.2, -0.15) is 0 Å². The van der Waals surface area contributed by atoms with Crippen molar-refractivity contribution in [1.82, 2.24) is 4.90 Å². The molecule has 0 N–H and O–H groups in total. The molecule has 1 saturated heterocycles. The maximum atomic E-state index is 11.6. The molecule has 1 rings (SSSR count). The molecular weight excluding hydrogens is 202 g/mol. The van der Waals surface area contributed by atoms with Gasteiger partial charge in [0.25, 0.3) is 0 Å². The molecule has 0 spiro atoms. The fraction of sp³-hybridized carbons (Fsp3) is 0.769. The largest absolute Gasteiger partial charge is 0.369 e. The lowest BCUT2D eigenvalue weighted by Gasteiger charge is -2.31. The van der Waals surface area contributed by atoms with Crippen LogP contribution in [0, 0.1) is 18.3 Å². The molecule has 0 atom stereocenters. The van der Waals surface area contributed by atoms with Gasteiger partial charge in [0.1, 0.15) is 6.61 Å². The average molecular weight is 223 g/mol. The number of carbonyl (C=O) groups excluding carboxylic acids is 1. The lowest BCUT2D eigenvalue weighted by Crippen LogP contribution is -2.39. The quantitative estimate of drug-likeness (QED) is 0.524. The molecule has 3 nitrogen and oxygen atoms in total. The van der Waals surface area contributed by atoms with Crippen molar-refractivity contribution in [2.24, 2.45) is 5.92 Å². The third-order valence-corrected chi connectivity index (χ3v) is 2.97. The summed E-state index contributed by atoms with van der Waals surface area (Å²) in [6.45, 7) is 4.93. The van der Waals surface area contributed by atoms with E-state index in [2.05, 4.69) is 5.92 Å². The first-order chi connectivity index (χ1) is 7.77.